The quantitative estimate of drug-likeness (QED) is 0.685. The van der Waals surface area contributed by atoms with E-state index in [4.69, 9.17) is 4.98 Å². The number of aromatic nitrogens is 4. The molecule has 2 fully saturated rings. The maximum Gasteiger partial charge on any atom is 0.137 e. The minimum atomic E-state index is -0.384. The van der Waals surface area contributed by atoms with Gasteiger partial charge in [0, 0.05) is 31.4 Å². The zero-order valence-electron chi connectivity index (χ0n) is 13.6. The number of fused-ring (bicyclic) bond motifs is 1. The van der Waals surface area contributed by atoms with E-state index in [0.29, 0.717) is 13.0 Å². The van der Waals surface area contributed by atoms with Crippen LogP contribution in [-0.4, -0.2) is 37.1 Å². The van der Waals surface area contributed by atoms with Crippen molar-refractivity contribution in [2.45, 2.75) is 37.3 Å². The highest BCUT2D eigenvalue weighted by Gasteiger charge is 2.35. The van der Waals surface area contributed by atoms with Crippen LogP contribution in [0.15, 0.2) is 41.5 Å². The van der Waals surface area contributed by atoms with E-state index in [2.05, 4.69) is 59.7 Å². The summed E-state index contributed by atoms with van der Waals surface area (Å²) >= 11 is 3.40. The van der Waals surface area contributed by atoms with Gasteiger partial charge < -0.3 is 14.4 Å². The lowest BCUT2D eigenvalue weighted by Crippen LogP contribution is -2.25. The van der Waals surface area contributed by atoms with Gasteiger partial charge in [0.1, 0.15) is 22.4 Å². The number of hydrogen-bond acceptors (Lipinski definition) is 5. The summed E-state index contributed by atoms with van der Waals surface area (Å²) in [5.74, 6) is 1.53. The lowest BCUT2D eigenvalue weighted by molar-refractivity contribution is 0.194. The van der Waals surface area contributed by atoms with E-state index < -0.39 is 0 Å². The maximum absolute atomic E-state index is 10.2. The smallest absolute Gasteiger partial charge is 0.137 e. The van der Waals surface area contributed by atoms with Crippen molar-refractivity contribution >= 4 is 27.4 Å². The monoisotopic (exact) mass is 399 g/mol. The Bertz CT molecular complexity index is 938. The van der Waals surface area contributed by atoms with Crippen molar-refractivity contribution in [3.63, 3.8) is 0 Å². The summed E-state index contributed by atoms with van der Waals surface area (Å²) in [6.45, 7) is 0.551. The van der Waals surface area contributed by atoms with Gasteiger partial charge in [0.25, 0.3) is 0 Å². The molecule has 1 aliphatic carbocycles. The molecule has 3 aromatic rings. The van der Waals surface area contributed by atoms with Crippen LogP contribution in [0.1, 0.15) is 42.5 Å². The maximum atomic E-state index is 10.2. The minimum Gasteiger partial charge on any atom is -0.391 e. The van der Waals surface area contributed by atoms with E-state index in [0.717, 1.165) is 27.7 Å². The van der Waals surface area contributed by atoms with Gasteiger partial charge >= 0.3 is 0 Å². The van der Waals surface area contributed by atoms with Gasteiger partial charge in [-0.25, -0.2) is 15.0 Å². The van der Waals surface area contributed by atoms with Crippen LogP contribution in [0.2, 0.25) is 0 Å². The molecule has 2 atom stereocenters. The summed E-state index contributed by atoms with van der Waals surface area (Å²) in [6, 6.07) is 6.17. The number of rotatable bonds is 3. The van der Waals surface area contributed by atoms with Crippen molar-refractivity contribution in [1.82, 2.24) is 19.4 Å². The van der Waals surface area contributed by atoms with E-state index in [1.807, 2.05) is 6.07 Å². The second-order valence-corrected chi connectivity index (χ2v) is 7.74. The van der Waals surface area contributed by atoms with Gasteiger partial charge in [-0.15, -0.1) is 0 Å². The molecule has 0 spiro atoms. The molecule has 0 amide bonds. The fourth-order valence-electron chi connectivity index (χ4n) is 3.68. The molecule has 0 radical (unpaired) electrons. The Morgan fingerprint density at radius 3 is 2.84 bits per heavy atom. The molecular weight excluding hydrogens is 382 g/mol. The van der Waals surface area contributed by atoms with Crippen molar-refractivity contribution in [1.29, 1.82) is 0 Å². The zero-order valence-corrected chi connectivity index (χ0v) is 15.2. The number of aliphatic hydroxyl groups excluding tert-OH is 1. The third-order valence-corrected chi connectivity index (χ3v) is 5.51. The molecule has 0 aromatic carbocycles. The van der Waals surface area contributed by atoms with Crippen molar-refractivity contribution in [3.8, 4) is 0 Å². The average Bonchev–Trinajstić information content (AvgIpc) is 3.25. The number of hydrogen-bond donors (Lipinski definition) is 1. The van der Waals surface area contributed by atoms with Crippen molar-refractivity contribution in [2.75, 3.05) is 11.4 Å². The molecule has 6 nitrogen and oxygen atoms in total. The van der Waals surface area contributed by atoms with Crippen LogP contribution in [0.4, 0.5) is 5.82 Å². The third kappa shape index (κ3) is 2.81. The van der Waals surface area contributed by atoms with Crippen LogP contribution in [0.25, 0.3) is 5.65 Å². The van der Waals surface area contributed by atoms with E-state index >= 15 is 0 Å². The Morgan fingerprint density at radius 2 is 2.04 bits per heavy atom. The first kappa shape index (κ1) is 15.3. The zero-order chi connectivity index (χ0) is 17.0. The first-order valence-corrected chi connectivity index (χ1v) is 9.37. The summed E-state index contributed by atoms with van der Waals surface area (Å²) in [5, 5.41) is 10.2. The van der Waals surface area contributed by atoms with E-state index in [1.54, 1.807) is 0 Å². The Labute approximate surface area is 153 Å². The molecular formula is C18H18BrN5O. The van der Waals surface area contributed by atoms with Gasteiger partial charge in [-0.3, -0.25) is 0 Å². The number of nitrogens with zero attached hydrogens (tertiary/aromatic N) is 5. The number of imidazole rings is 1. The highest BCUT2D eigenvalue weighted by molar-refractivity contribution is 9.10. The average molecular weight is 400 g/mol. The Kier molecular flexibility index (Phi) is 3.53. The number of pyridine rings is 1. The van der Waals surface area contributed by atoms with Gasteiger partial charge in [-0.1, -0.05) is 6.07 Å². The van der Waals surface area contributed by atoms with Gasteiger partial charge in [0.2, 0.25) is 0 Å². The molecule has 1 aliphatic heterocycles. The first-order chi connectivity index (χ1) is 12.2. The molecule has 3 aromatic heterocycles. The highest BCUT2D eigenvalue weighted by atomic mass is 79.9. The van der Waals surface area contributed by atoms with Crippen LogP contribution in [0.5, 0.6) is 0 Å². The predicted octanol–water partition coefficient (Wildman–Crippen LogP) is 3.08. The summed E-state index contributed by atoms with van der Waals surface area (Å²) in [6.07, 6.45) is 8.67. The van der Waals surface area contributed by atoms with E-state index in [1.165, 1.54) is 24.7 Å². The fraction of sp³-hybridized carbons (Fsp3) is 0.389. The predicted molar refractivity (Wildman–Crippen MR) is 97.6 cm³/mol. The van der Waals surface area contributed by atoms with Crippen LogP contribution in [0, 0.1) is 0 Å². The Balaban J connectivity index is 1.52. The topological polar surface area (TPSA) is 66.6 Å². The molecule has 1 N–H and O–H groups in total. The lowest BCUT2D eigenvalue weighted by atomic mass is 10.1. The molecule has 4 heterocycles. The van der Waals surface area contributed by atoms with Crippen LogP contribution < -0.4 is 4.90 Å². The van der Waals surface area contributed by atoms with Gasteiger partial charge in [-0.05, 0) is 46.3 Å². The van der Waals surface area contributed by atoms with Crippen LogP contribution >= 0.6 is 15.9 Å². The molecule has 0 bridgehead atoms. The number of β-amino-alcohol motifs (C(OH)–C–C–N with tert-alkyl or cyclic N) is 1. The van der Waals surface area contributed by atoms with Crippen molar-refractivity contribution in [3.05, 3.63) is 52.8 Å². The molecule has 2 aliphatic rings. The second-order valence-electron chi connectivity index (χ2n) is 6.92. The molecule has 7 heteroatoms. The van der Waals surface area contributed by atoms with E-state index in [-0.39, 0.29) is 12.1 Å². The van der Waals surface area contributed by atoms with Crippen LogP contribution in [0.3, 0.4) is 0 Å². The highest BCUT2D eigenvalue weighted by Crippen LogP contribution is 2.40. The Morgan fingerprint density at radius 1 is 1.16 bits per heavy atom. The molecule has 25 heavy (non-hydrogen) atoms. The normalized spacial score (nSPS) is 23.5. The largest absolute Gasteiger partial charge is 0.391 e. The van der Waals surface area contributed by atoms with Gasteiger partial charge in [0.05, 0.1) is 17.8 Å². The van der Waals surface area contributed by atoms with Gasteiger partial charge in [0.15, 0.2) is 0 Å². The molecule has 128 valence electrons. The molecule has 5 rings (SSSR count). The van der Waals surface area contributed by atoms with E-state index in [9.17, 15) is 5.11 Å². The summed E-state index contributed by atoms with van der Waals surface area (Å²) < 4.78 is 2.85. The SMILES string of the molecule is O[C@H]1C[C@H](c2cn3cc(C4CC4)ccc3n2)N(c2cc(Br)ncn2)C1. The second kappa shape index (κ2) is 5.78. The number of halogens is 1. The molecule has 0 unspecified atom stereocenters. The van der Waals surface area contributed by atoms with Gasteiger partial charge in [-0.2, -0.15) is 0 Å². The standard InChI is InChI=1S/C18H18BrN5O/c19-16-6-18(21-10-20-16)24-8-13(25)5-15(24)14-9-23-7-12(11-1-2-11)3-4-17(23)22-14/h3-4,6-7,9-11,13,15,25H,1-2,5,8H2/t13-,15+/m0/s1. The first-order valence-electron chi connectivity index (χ1n) is 8.58. The molecule has 1 saturated heterocycles. The fourth-order valence-corrected chi connectivity index (χ4v) is 3.97. The third-order valence-electron chi connectivity index (χ3n) is 5.08. The van der Waals surface area contributed by atoms with Crippen molar-refractivity contribution < 1.29 is 5.11 Å². The molecule has 1 saturated carbocycles. The van der Waals surface area contributed by atoms with Crippen LogP contribution in [-0.2, 0) is 0 Å². The lowest BCUT2D eigenvalue weighted by Gasteiger charge is -2.23. The Hall–Kier alpha value is -1.99. The summed E-state index contributed by atoms with van der Waals surface area (Å²) in [4.78, 5) is 15.4. The van der Waals surface area contributed by atoms with Crippen molar-refractivity contribution in [2.24, 2.45) is 0 Å². The summed E-state index contributed by atoms with van der Waals surface area (Å²) in [7, 11) is 0. The number of aliphatic hydroxyl groups is 1. The summed E-state index contributed by atoms with van der Waals surface area (Å²) in [5.41, 5.74) is 3.31. The number of anilines is 1. The minimum absolute atomic E-state index is 0.0149.